The second-order valence-corrected chi connectivity index (χ2v) is 8.75. The minimum absolute atomic E-state index is 0.0280. The number of aliphatic imine (C=N–C) groups is 1. The van der Waals surface area contributed by atoms with Crippen LogP contribution in [-0.4, -0.2) is 62.3 Å². The van der Waals surface area contributed by atoms with Gasteiger partial charge in [0, 0.05) is 44.9 Å². The van der Waals surface area contributed by atoms with Crippen LogP contribution in [0.4, 0.5) is 5.69 Å². The highest BCUT2D eigenvalue weighted by Crippen LogP contribution is 2.18. The van der Waals surface area contributed by atoms with Gasteiger partial charge in [0.15, 0.2) is 5.96 Å². The Kier molecular flexibility index (Phi) is 9.15. The number of nitrogens with one attached hydrogen (secondary N) is 2. The summed E-state index contributed by atoms with van der Waals surface area (Å²) in [5.41, 5.74) is 1.97. The van der Waals surface area contributed by atoms with Gasteiger partial charge in [-0.2, -0.15) is 0 Å². The molecule has 0 aliphatic carbocycles. The molecule has 31 heavy (non-hydrogen) atoms. The maximum Gasteiger partial charge on any atom is 0.226 e. The maximum atomic E-state index is 11.8. The van der Waals surface area contributed by atoms with Gasteiger partial charge in [-0.1, -0.05) is 26.0 Å². The highest BCUT2D eigenvalue weighted by molar-refractivity contribution is 5.92. The van der Waals surface area contributed by atoms with Crippen LogP contribution in [0.15, 0.2) is 29.3 Å². The number of hydrogen-bond acceptors (Lipinski definition) is 4. The third kappa shape index (κ3) is 7.51. The first-order chi connectivity index (χ1) is 15.0. The quantitative estimate of drug-likeness (QED) is 0.512. The zero-order valence-electron chi connectivity index (χ0n) is 19.2. The van der Waals surface area contributed by atoms with Gasteiger partial charge in [-0.05, 0) is 49.8 Å². The Labute approximate surface area is 186 Å². The van der Waals surface area contributed by atoms with Crippen LogP contribution in [0.25, 0.3) is 0 Å². The summed E-state index contributed by atoms with van der Waals surface area (Å²) in [5.74, 6) is 0.927. The molecule has 0 aromatic heterocycles. The summed E-state index contributed by atoms with van der Waals surface area (Å²) in [6.45, 7) is 7.96. The van der Waals surface area contributed by atoms with Crippen molar-refractivity contribution in [2.75, 3.05) is 38.7 Å². The lowest BCUT2D eigenvalue weighted by atomic mass is 10.1. The van der Waals surface area contributed by atoms with Crippen molar-refractivity contribution in [3.8, 4) is 0 Å². The van der Waals surface area contributed by atoms with E-state index in [9.17, 15) is 4.79 Å². The number of nitrogens with zero attached hydrogens (tertiary/aromatic N) is 2. The standard InChI is InChI=1S/C24H38N4O3/c1-18(2)23(29)27-20-9-7-19(8-10-20)16-26-24(25-3)28-13-11-21(12-14-28)31-17-22-6-4-5-15-30-22/h7-10,18,21-22H,4-6,11-17H2,1-3H3,(H,25,26)(H,27,29). The lowest BCUT2D eigenvalue weighted by Gasteiger charge is -2.35. The van der Waals surface area contributed by atoms with Crippen molar-refractivity contribution < 1.29 is 14.3 Å². The van der Waals surface area contributed by atoms with Gasteiger partial charge in [-0.3, -0.25) is 9.79 Å². The Hall–Kier alpha value is -2.12. The lowest BCUT2D eigenvalue weighted by Crippen LogP contribution is -2.47. The summed E-state index contributed by atoms with van der Waals surface area (Å²) >= 11 is 0. The predicted molar refractivity (Wildman–Crippen MR) is 124 cm³/mol. The van der Waals surface area contributed by atoms with Gasteiger partial charge in [0.05, 0.1) is 18.8 Å². The van der Waals surface area contributed by atoms with E-state index in [1.54, 1.807) is 0 Å². The van der Waals surface area contributed by atoms with Crippen molar-refractivity contribution in [3.63, 3.8) is 0 Å². The Morgan fingerprint density at radius 2 is 1.94 bits per heavy atom. The summed E-state index contributed by atoms with van der Waals surface area (Å²) in [6.07, 6.45) is 6.18. The van der Waals surface area contributed by atoms with Crippen LogP contribution < -0.4 is 10.6 Å². The largest absolute Gasteiger partial charge is 0.376 e. The molecule has 1 aromatic carbocycles. The fourth-order valence-corrected chi connectivity index (χ4v) is 3.92. The molecule has 2 saturated heterocycles. The average molecular weight is 431 g/mol. The number of guanidine groups is 1. The first kappa shape index (κ1) is 23.5. The molecule has 0 radical (unpaired) electrons. The van der Waals surface area contributed by atoms with Crippen LogP contribution in [-0.2, 0) is 20.8 Å². The van der Waals surface area contributed by atoms with Crippen LogP contribution >= 0.6 is 0 Å². The highest BCUT2D eigenvalue weighted by atomic mass is 16.5. The molecule has 172 valence electrons. The van der Waals surface area contributed by atoms with Crippen molar-refractivity contribution in [3.05, 3.63) is 29.8 Å². The third-order valence-electron chi connectivity index (χ3n) is 5.94. The zero-order valence-corrected chi connectivity index (χ0v) is 19.2. The number of likely N-dealkylation sites (tertiary alicyclic amines) is 1. The van der Waals surface area contributed by atoms with Crippen LogP contribution in [0.5, 0.6) is 0 Å². The maximum absolute atomic E-state index is 11.8. The van der Waals surface area contributed by atoms with Gasteiger partial charge in [-0.25, -0.2) is 0 Å². The predicted octanol–water partition coefficient (Wildman–Crippen LogP) is 3.41. The topological polar surface area (TPSA) is 75.2 Å². The zero-order chi connectivity index (χ0) is 22.1. The van der Waals surface area contributed by atoms with Crippen molar-refractivity contribution in [1.82, 2.24) is 10.2 Å². The molecule has 2 aliphatic heterocycles. The molecule has 1 amide bonds. The van der Waals surface area contributed by atoms with Crippen LogP contribution in [0.2, 0.25) is 0 Å². The van der Waals surface area contributed by atoms with E-state index < -0.39 is 0 Å². The summed E-state index contributed by atoms with van der Waals surface area (Å²) in [6, 6.07) is 7.95. The molecule has 0 bridgehead atoms. The first-order valence-corrected chi connectivity index (χ1v) is 11.6. The second kappa shape index (κ2) is 12.1. The molecule has 7 nitrogen and oxygen atoms in total. The number of carbonyl (C=O) groups excluding carboxylic acids is 1. The molecular formula is C24H38N4O3. The van der Waals surface area contributed by atoms with E-state index >= 15 is 0 Å². The minimum Gasteiger partial charge on any atom is -0.376 e. The molecule has 2 N–H and O–H groups in total. The number of hydrogen-bond donors (Lipinski definition) is 2. The number of piperidine rings is 1. The third-order valence-corrected chi connectivity index (χ3v) is 5.94. The molecule has 1 unspecified atom stereocenters. The summed E-state index contributed by atoms with van der Waals surface area (Å²) in [4.78, 5) is 18.6. The normalized spacial score (nSPS) is 20.7. The average Bonchev–Trinajstić information content (AvgIpc) is 2.80. The molecule has 2 aliphatic rings. The lowest BCUT2D eigenvalue weighted by molar-refractivity contribution is -0.118. The molecular weight excluding hydrogens is 392 g/mol. The molecule has 2 heterocycles. The van der Waals surface area contributed by atoms with Gasteiger partial charge in [0.1, 0.15) is 0 Å². The number of rotatable bonds is 7. The molecule has 7 heteroatoms. The van der Waals surface area contributed by atoms with E-state index in [1.807, 2.05) is 45.2 Å². The van der Waals surface area contributed by atoms with Gasteiger partial charge in [0.2, 0.25) is 5.91 Å². The highest BCUT2D eigenvalue weighted by Gasteiger charge is 2.23. The molecule has 1 aromatic rings. The number of ether oxygens (including phenoxy) is 2. The SMILES string of the molecule is CN=C(NCc1ccc(NC(=O)C(C)C)cc1)N1CCC(OCC2CCCCO2)CC1. The van der Waals surface area contributed by atoms with Gasteiger partial charge >= 0.3 is 0 Å². The Morgan fingerprint density at radius 1 is 1.19 bits per heavy atom. The van der Waals surface area contributed by atoms with Crippen LogP contribution in [0.1, 0.15) is 51.5 Å². The van der Waals surface area contributed by atoms with E-state index in [-0.39, 0.29) is 17.9 Å². The fraction of sp³-hybridized carbons (Fsp3) is 0.667. The van der Waals surface area contributed by atoms with Crippen LogP contribution in [0.3, 0.4) is 0 Å². The van der Waals surface area contributed by atoms with E-state index in [4.69, 9.17) is 9.47 Å². The Balaban J connectivity index is 1.39. The minimum atomic E-state index is -0.0280. The number of carbonyl (C=O) groups is 1. The Bertz CT molecular complexity index is 706. The van der Waals surface area contributed by atoms with Gasteiger partial charge < -0.3 is 25.0 Å². The molecule has 0 spiro atoms. The van der Waals surface area contributed by atoms with Crippen molar-refractivity contribution >= 4 is 17.6 Å². The summed E-state index contributed by atoms with van der Waals surface area (Å²) in [5, 5.41) is 6.38. The van der Waals surface area contributed by atoms with Crippen molar-refractivity contribution in [1.29, 1.82) is 0 Å². The number of benzene rings is 1. The van der Waals surface area contributed by atoms with E-state index in [1.165, 1.54) is 12.8 Å². The second-order valence-electron chi connectivity index (χ2n) is 8.75. The fourth-order valence-electron chi connectivity index (χ4n) is 3.92. The van der Waals surface area contributed by atoms with E-state index in [0.717, 1.165) is 62.8 Å². The van der Waals surface area contributed by atoms with Gasteiger partial charge in [0.25, 0.3) is 0 Å². The van der Waals surface area contributed by atoms with E-state index in [0.29, 0.717) is 12.6 Å². The first-order valence-electron chi connectivity index (χ1n) is 11.6. The summed E-state index contributed by atoms with van der Waals surface area (Å²) in [7, 11) is 1.83. The Morgan fingerprint density at radius 3 is 2.55 bits per heavy atom. The van der Waals surface area contributed by atoms with Crippen molar-refractivity contribution in [2.24, 2.45) is 10.9 Å². The molecule has 3 rings (SSSR count). The van der Waals surface area contributed by atoms with Gasteiger partial charge in [-0.15, -0.1) is 0 Å². The summed E-state index contributed by atoms with van der Waals surface area (Å²) < 4.78 is 11.9. The monoisotopic (exact) mass is 430 g/mol. The smallest absolute Gasteiger partial charge is 0.226 e. The number of anilines is 1. The molecule has 2 fully saturated rings. The molecule has 1 atom stereocenters. The van der Waals surface area contributed by atoms with Crippen molar-refractivity contribution in [2.45, 2.75) is 64.7 Å². The van der Waals surface area contributed by atoms with Crippen LogP contribution in [0, 0.1) is 5.92 Å². The number of amides is 1. The van der Waals surface area contributed by atoms with E-state index in [2.05, 4.69) is 20.5 Å². The molecule has 0 saturated carbocycles.